The molecule has 0 aliphatic carbocycles. The average molecular weight is 285 g/mol. The summed E-state index contributed by atoms with van der Waals surface area (Å²) in [7, 11) is 0. The maximum atomic E-state index is 5.52. The second-order valence-electron chi connectivity index (χ2n) is 6.32. The van der Waals surface area contributed by atoms with Gasteiger partial charge in [0.2, 0.25) is 0 Å². The van der Waals surface area contributed by atoms with Gasteiger partial charge in [0, 0.05) is 0 Å². The fourth-order valence-electron chi connectivity index (χ4n) is 2.94. The average Bonchev–Trinajstić information content (AvgIpc) is 2.47. The van der Waals surface area contributed by atoms with Crippen LogP contribution in [0.4, 0.5) is 0 Å². The lowest BCUT2D eigenvalue weighted by molar-refractivity contribution is 0.393. The van der Waals surface area contributed by atoms with Gasteiger partial charge in [-0.1, -0.05) is 84.0 Å². The Hall–Kier alpha value is -0.0800. The topological polar surface area (TPSA) is 52.0 Å². The standard InChI is InChI=1S/C18H40N2/c1-2-18(15-11-7-9-13-17-20)14-10-6-4-3-5-8-12-16-19/h18H,2-17,19-20H2,1H3. The molecule has 0 aromatic carbocycles. The van der Waals surface area contributed by atoms with E-state index in [-0.39, 0.29) is 0 Å². The van der Waals surface area contributed by atoms with Crippen LogP contribution >= 0.6 is 0 Å². The highest BCUT2D eigenvalue weighted by molar-refractivity contribution is 4.59. The largest absolute Gasteiger partial charge is 0.330 e. The van der Waals surface area contributed by atoms with Crippen molar-refractivity contribution in [2.75, 3.05) is 13.1 Å². The van der Waals surface area contributed by atoms with Gasteiger partial charge in [0.25, 0.3) is 0 Å². The minimum Gasteiger partial charge on any atom is -0.330 e. The molecule has 2 heteroatoms. The van der Waals surface area contributed by atoms with E-state index in [9.17, 15) is 0 Å². The summed E-state index contributed by atoms with van der Waals surface area (Å²) >= 11 is 0. The van der Waals surface area contributed by atoms with Crippen molar-refractivity contribution in [1.82, 2.24) is 0 Å². The maximum Gasteiger partial charge on any atom is -0.00773 e. The van der Waals surface area contributed by atoms with E-state index in [1.165, 1.54) is 89.9 Å². The van der Waals surface area contributed by atoms with E-state index in [1.807, 2.05) is 0 Å². The molecule has 0 aliphatic rings. The van der Waals surface area contributed by atoms with Gasteiger partial charge in [0.15, 0.2) is 0 Å². The SMILES string of the molecule is CCC(CCCCCCN)CCCCCCCCCN. The zero-order valence-corrected chi connectivity index (χ0v) is 14.0. The Labute approximate surface area is 128 Å². The summed E-state index contributed by atoms with van der Waals surface area (Å²) in [4.78, 5) is 0. The molecule has 0 bridgehead atoms. The van der Waals surface area contributed by atoms with Crippen LogP contribution in [0.5, 0.6) is 0 Å². The van der Waals surface area contributed by atoms with Gasteiger partial charge in [-0.2, -0.15) is 0 Å². The minimum atomic E-state index is 0.864. The smallest absolute Gasteiger partial charge is 0.00773 e. The molecule has 0 radical (unpaired) electrons. The normalized spacial score (nSPS) is 12.8. The number of hydrogen-bond acceptors (Lipinski definition) is 2. The molecule has 0 saturated heterocycles. The summed E-state index contributed by atoms with van der Waals surface area (Å²) in [6.45, 7) is 4.09. The molecular weight excluding hydrogens is 244 g/mol. The van der Waals surface area contributed by atoms with E-state index in [4.69, 9.17) is 11.5 Å². The van der Waals surface area contributed by atoms with Crippen LogP contribution in [-0.4, -0.2) is 13.1 Å². The van der Waals surface area contributed by atoms with Crippen LogP contribution in [0, 0.1) is 5.92 Å². The van der Waals surface area contributed by atoms with Gasteiger partial charge in [-0.25, -0.2) is 0 Å². The first kappa shape index (κ1) is 19.9. The van der Waals surface area contributed by atoms with Crippen molar-refractivity contribution >= 4 is 0 Å². The van der Waals surface area contributed by atoms with E-state index >= 15 is 0 Å². The van der Waals surface area contributed by atoms with Crippen LogP contribution in [0.3, 0.4) is 0 Å². The van der Waals surface area contributed by atoms with E-state index in [0.717, 1.165) is 19.0 Å². The van der Waals surface area contributed by atoms with Gasteiger partial charge in [-0.3, -0.25) is 0 Å². The Morgan fingerprint density at radius 2 is 0.900 bits per heavy atom. The second kappa shape index (κ2) is 17.0. The molecule has 1 unspecified atom stereocenters. The lowest BCUT2D eigenvalue weighted by Gasteiger charge is -2.14. The van der Waals surface area contributed by atoms with Crippen LogP contribution < -0.4 is 11.5 Å². The van der Waals surface area contributed by atoms with Gasteiger partial charge in [0.05, 0.1) is 0 Å². The number of hydrogen-bond donors (Lipinski definition) is 2. The fraction of sp³-hybridized carbons (Fsp3) is 1.00. The Kier molecular flexibility index (Phi) is 16.9. The molecule has 1 atom stereocenters. The third-order valence-corrected chi connectivity index (χ3v) is 4.46. The third-order valence-electron chi connectivity index (χ3n) is 4.46. The predicted molar refractivity (Wildman–Crippen MR) is 91.9 cm³/mol. The molecule has 0 fully saturated rings. The van der Waals surface area contributed by atoms with Crippen molar-refractivity contribution in [3.05, 3.63) is 0 Å². The first-order valence-electron chi connectivity index (χ1n) is 9.25. The van der Waals surface area contributed by atoms with Crippen molar-refractivity contribution in [2.45, 2.75) is 96.8 Å². The summed E-state index contributed by atoms with van der Waals surface area (Å²) in [5, 5.41) is 0. The zero-order valence-electron chi connectivity index (χ0n) is 14.0. The number of unbranched alkanes of at least 4 members (excludes halogenated alkanes) is 9. The minimum absolute atomic E-state index is 0.864. The van der Waals surface area contributed by atoms with Gasteiger partial charge >= 0.3 is 0 Å². The highest BCUT2D eigenvalue weighted by Crippen LogP contribution is 2.21. The Morgan fingerprint density at radius 1 is 0.550 bits per heavy atom. The monoisotopic (exact) mass is 284 g/mol. The molecule has 20 heavy (non-hydrogen) atoms. The first-order valence-corrected chi connectivity index (χ1v) is 9.25. The van der Waals surface area contributed by atoms with Crippen molar-refractivity contribution in [3.63, 3.8) is 0 Å². The van der Waals surface area contributed by atoms with E-state index in [0.29, 0.717) is 0 Å². The Morgan fingerprint density at radius 3 is 1.25 bits per heavy atom. The summed E-state index contributed by atoms with van der Waals surface area (Å²) in [6.07, 6.45) is 19.2. The molecule has 0 saturated carbocycles. The van der Waals surface area contributed by atoms with Crippen molar-refractivity contribution in [3.8, 4) is 0 Å². The molecule has 0 aromatic rings. The van der Waals surface area contributed by atoms with Crippen LogP contribution in [-0.2, 0) is 0 Å². The van der Waals surface area contributed by atoms with Gasteiger partial charge in [-0.15, -0.1) is 0 Å². The second-order valence-corrected chi connectivity index (χ2v) is 6.32. The summed E-state index contributed by atoms with van der Waals surface area (Å²) in [5.41, 5.74) is 11.0. The summed E-state index contributed by atoms with van der Waals surface area (Å²) in [5.74, 6) is 0.977. The van der Waals surface area contributed by atoms with Gasteiger partial charge < -0.3 is 11.5 Å². The molecule has 0 spiro atoms. The molecule has 0 aromatic heterocycles. The number of rotatable bonds is 16. The van der Waals surface area contributed by atoms with Gasteiger partial charge in [0.1, 0.15) is 0 Å². The molecule has 2 nitrogen and oxygen atoms in total. The lowest BCUT2D eigenvalue weighted by Crippen LogP contribution is -2.00. The third kappa shape index (κ3) is 14.3. The van der Waals surface area contributed by atoms with E-state index < -0.39 is 0 Å². The van der Waals surface area contributed by atoms with Crippen LogP contribution in [0.1, 0.15) is 96.8 Å². The van der Waals surface area contributed by atoms with Crippen LogP contribution in [0.25, 0.3) is 0 Å². The maximum absolute atomic E-state index is 5.52. The van der Waals surface area contributed by atoms with Crippen molar-refractivity contribution in [2.24, 2.45) is 17.4 Å². The lowest BCUT2D eigenvalue weighted by atomic mass is 9.92. The Balaban J connectivity index is 3.28. The van der Waals surface area contributed by atoms with Crippen molar-refractivity contribution < 1.29 is 0 Å². The fourth-order valence-corrected chi connectivity index (χ4v) is 2.94. The predicted octanol–water partition coefficient (Wildman–Crippen LogP) is 5.00. The molecule has 0 rings (SSSR count). The summed E-state index contributed by atoms with van der Waals surface area (Å²) in [6, 6.07) is 0. The molecule has 4 N–H and O–H groups in total. The molecular formula is C18H40N2. The van der Waals surface area contributed by atoms with E-state index in [2.05, 4.69) is 6.92 Å². The van der Waals surface area contributed by atoms with Gasteiger partial charge in [-0.05, 0) is 31.8 Å². The molecule has 0 amide bonds. The molecule has 0 aliphatic heterocycles. The van der Waals surface area contributed by atoms with E-state index in [1.54, 1.807) is 0 Å². The number of nitrogens with two attached hydrogens (primary N) is 2. The zero-order chi connectivity index (χ0) is 14.9. The van der Waals surface area contributed by atoms with Crippen molar-refractivity contribution in [1.29, 1.82) is 0 Å². The first-order chi connectivity index (χ1) is 9.85. The highest BCUT2D eigenvalue weighted by atomic mass is 14.5. The van der Waals surface area contributed by atoms with Crippen LogP contribution in [0.15, 0.2) is 0 Å². The highest BCUT2D eigenvalue weighted by Gasteiger charge is 2.05. The quantitative estimate of drug-likeness (QED) is 0.392. The Bertz CT molecular complexity index is 171. The summed E-state index contributed by atoms with van der Waals surface area (Å²) < 4.78 is 0. The molecule has 122 valence electrons. The molecule has 0 heterocycles. The van der Waals surface area contributed by atoms with Crippen LogP contribution in [0.2, 0.25) is 0 Å².